The van der Waals surface area contributed by atoms with Crippen LogP contribution in [0, 0.1) is 6.92 Å². The van der Waals surface area contributed by atoms with Gasteiger partial charge in [0.2, 0.25) is 0 Å². The van der Waals surface area contributed by atoms with Crippen molar-refractivity contribution in [3.05, 3.63) is 50.3 Å². The highest BCUT2D eigenvalue weighted by Gasteiger charge is 2.14. The topological polar surface area (TPSA) is 88.0 Å². The molecule has 2 N–H and O–H groups in total. The third-order valence-corrected chi connectivity index (χ3v) is 4.12. The lowest BCUT2D eigenvalue weighted by atomic mass is 10.2. The summed E-state index contributed by atoms with van der Waals surface area (Å²) in [4.78, 5) is 30.2. The Hall–Kier alpha value is -2.41. The Morgan fingerprint density at radius 3 is 2.95 bits per heavy atom. The van der Waals surface area contributed by atoms with E-state index in [1.807, 2.05) is 12.3 Å². The van der Waals surface area contributed by atoms with Gasteiger partial charge in [-0.3, -0.25) is 4.57 Å². The molecule has 2 heterocycles. The first-order chi connectivity index (χ1) is 10.1. The maximum atomic E-state index is 12.0. The first-order valence-electron chi connectivity index (χ1n) is 6.42. The Morgan fingerprint density at radius 2 is 2.29 bits per heavy atom. The molecule has 6 nitrogen and oxygen atoms in total. The van der Waals surface area contributed by atoms with E-state index in [0.29, 0.717) is 24.0 Å². The van der Waals surface area contributed by atoms with Crippen molar-refractivity contribution in [1.82, 2.24) is 14.5 Å². The molecule has 0 radical (unpaired) electrons. The highest BCUT2D eigenvalue weighted by Crippen LogP contribution is 2.16. The predicted octanol–water partition coefficient (Wildman–Crippen LogP) is 2.04. The van der Waals surface area contributed by atoms with Gasteiger partial charge in [0.25, 0.3) is 0 Å². The Balaban J connectivity index is 1.99. The number of fused-ring (bicyclic) bond motifs is 1. The molecule has 0 aliphatic carbocycles. The first-order valence-corrected chi connectivity index (χ1v) is 7.30. The first kappa shape index (κ1) is 13.6. The van der Waals surface area contributed by atoms with Gasteiger partial charge in [-0.05, 0) is 19.1 Å². The summed E-state index contributed by atoms with van der Waals surface area (Å²) in [5.74, 6) is -1.05. The average molecular weight is 303 g/mol. The zero-order chi connectivity index (χ0) is 15.0. The minimum absolute atomic E-state index is 0.104. The molecule has 21 heavy (non-hydrogen) atoms. The molecule has 0 fully saturated rings. The van der Waals surface area contributed by atoms with Crippen molar-refractivity contribution in [3.63, 3.8) is 0 Å². The number of hydrogen-bond acceptors (Lipinski definition) is 4. The lowest BCUT2D eigenvalue weighted by Gasteiger charge is -2.02. The van der Waals surface area contributed by atoms with Crippen LogP contribution in [0.4, 0.5) is 0 Å². The molecular weight excluding hydrogens is 290 g/mol. The summed E-state index contributed by atoms with van der Waals surface area (Å²) in [6.07, 6.45) is 0.633. The maximum absolute atomic E-state index is 12.0. The van der Waals surface area contributed by atoms with Gasteiger partial charge in [-0.2, -0.15) is 0 Å². The van der Waals surface area contributed by atoms with E-state index in [9.17, 15) is 9.59 Å². The SMILES string of the molecule is Cc1nc(CCn2c(=O)[nH]c3c(C(=O)O)cccc32)cs1. The van der Waals surface area contributed by atoms with Crippen molar-refractivity contribution >= 4 is 28.3 Å². The zero-order valence-electron chi connectivity index (χ0n) is 11.3. The van der Waals surface area contributed by atoms with Crippen LogP contribution < -0.4 is 5.69 Å². The van der Waals surface area contributed by atoms with Crippen LogP contribution in [0.3, 0.4) is 0 Å². The third kappa shape index (κ3) is 2.47. The second-order valence-corrected chi connectivity index (χ2v) is 5.76. The molecule has 3 aromatic rings. The number of aryl methyl sites for hydroxylation is 3. The molecule has 0 aliphatic rings. The number of aromatic carboxylic acids is 1. The van der Waals surface area contributed by atoms with Gasteiger partial charge in [0.1, 0.15) is 0 Å². The van der Waals surface area contributed by atoms with E-state index in [4.69, 9.17) is 5.11 Å². The molecule has 7 heteroatoms. The van der Waals surface area contributed by atoms with Crippen molar-refractivity contribution in [1.29, 1.82) is 0 Å². The third-order valence-electron chi connectivity index (χ3n) is 3.30. The number of thiazole rings is 1. The molecule has 2 aromatic heterocycles. The Bertz CT molecular complexity index is 875. The van der Waals surface area contributed by atoms with Crippen LogP contribution in [0.1, 0.15) is 21.1 Å². The van der Waals surface area contributed by atoms with Crippen LogP contribution in [0.5, 0.6) is 0 Å². The standard InChI is InChI=1S/C14H13N3O3S/c1-8-15-9(7-21-8)5-6-17-11-4-2-3-10(13(18)19)12(11)16-14(17)20/h2-4,7H,5-6H2,1H3,(H,16,20)(H,18,19). The number of carboxylic acid groups (broad SMARTS) is 1. The van der Waals surface area contributed by atoms with Gasteiger partial charge in [-0.15, -0.1) is 11.3 Å². The van der Waals surface area contributed by atoms with E-state index in [-0.39, 0.29) is 11.3 Å². The smallest absolute Gasteiger partial charge is 0.337 e. The number of H-pyrrole nitrogens is 1. The molecule has 0 amide bonds. The van der Waals surface area contributed by atoms with E-state index in [1.165, 1.54) is 6.07 Å². The van der Waals surface area contributed by atoms with Gasteiger partial charge in [0, 0.05) is 18.3 Å². The predicted molar refractivity (Wildman–Crippen MR) is 80.1 cm³/mol. The van der Waals surface area contributed by atoms with Gasteiger partial charge >= 0.3 is 11.7 Å². The average Bonchev–Trinajstić information content (AvgIpc) is 2.98. The van der Waals surface area contributed by atoms with Crippen LogP contribution in [0.25, 0.3) is 11.0 Å². The van der Waals surface area contributed by atoms with Gasteiger partial charge < -0.3 is 10.1 Å². The fourth-order valence-corrected chi connectivity index (χ4v) is 2.98. The van der Waals surface area contributed by atoms with E-state index < -0.39 is 5.97 Å². The molecule has 3 rings (SSSR count). The Morgan fingerprint density at radius 1 is 1.48 bits per heavy atom. The summed E-state index contributed by atoms with van der Waals surface area (Å²) in [7, 11) is 0. The number of para-hydroxylation sites is 1. The number of nitrogens with one attached hydrogen (secondary N) is 1. The highest BCUT2D eigenvalue weighted by molar-refractivity contribution is 7.09. The van der Waals surface area contributed by atoms with Gasteiger partial charge in [0.15, 0.2) is 0 Å². The second-order valence-electron chi connectivity index (χ2n) is 4.69. The summed E-state index contributed by atoms with van der Waals surface area (Å²) in [5.41, 5.74) is 1.71. The minimum Gasteiger partial charge on any atom is -0.478 e. The molecule has 0 aliphatic heterocycles. The number of nitrogens with zero attached hydrogens (tertiary/aromatic N) is 2. The van der Waals surface area contributed by atoms with E-state index in [1.54, 1.807) is 28.0 Å². The highest BCUT2D eigenvalue weighted by atomic mass is 32.1. The van der Waals surface area contributed by atoms with Crippen molar-refractivity contribution < 1.29 is 9.90 Å². The van der Waals surface area contributed by atoms with E-state index >= 15 is 0 Å². The van der Waals surface area contributed by atoms with Gasteiger partial charge in [0.05, 0.1) is 27.3 Å². The summed E-state index contributed by atoms with van der Waals surface area (Å²) in [6, 6.07) is 4.86. The molecular formula is C14H13N3O3S. The summed E-state index contributed by atoms with van der Waals surface area (Å²) in [5, 5.41) is 12.1. The fourth-order valence-electron chi connectivity index (χ4n) is 2.33. The summed E-state index contributed by atoms with van der Waals surface area (Å²) < 4.78 is 1.55. The number of aromatic nitrogens is 3. The molecule has 108 valence electrons. The largest absolute Gasteiger partial charge is 0.478 e. The van der Waals surface area contributed by atoms with E-state index in [2.05, 4.69) is 9.97 Å². The lowest BCUT2D eigenvalue weighted by Crippen LogP contribution is -2.17. The summed E-state index contributed by atoms with van der Waals surface area (Å²) in [6.45, 7) is 2.40. The minimum atomic E-state index is -1.05. The fraction of sp³-hybridized carbons (Fsp3) is 0.214. The maximum Gasteiger partial charge on any atom is 0.337 e. The Kier molecular flexibility index (Phi) is 3.34. The molecule has 0 saturated carbocycles. The van der Waals surface area contributed by atoms with Crippen molar-refractivity contribution in [2.75, 3.05) is 0 Å². The number of imidazole rings is 1. The van der Waals surface area contributed by atoms with Gasteiger partial charge in [-0.25, -0.2) is 14.6 Å². The number of carbonyl (C=O) groups is 1. The number of hydrogen-bond donors (Lipinski definition) is 2. The van der Waals surface area contributed by atoms with Crippen LogP contribution >= 0.6 is 11.3 Å². The molecule has 0 spiro atoms. The lowest BCUT2D eigenvalue weighted by molar-refractivity contribution is 0.0699. The van der Waals surface area contributed by atoms with Crippen LogP contribution in [-0.4, -0.2) is 25.6 Å². The quantitative estimate of drug-likeness (QED) is 0.772. The number of benzene rings is 1. The van der Waals surface area contributed by atoms with Crippen molar-refractivity contribution in [2.24, 2.45) is 0 Å². The number of carboxylic acids is 1. The van der Waals surface area contributed by atoms with Crippen LogP contribution in [0.2, 0.25) is 0 Å². The normalized spacial score (nSPS) is 11.1. The van der Waals surface area contributed by atoms with Crippen LogP contribution in [0.15, 0.2) is 28.4 Å². The number of rotatable bonds is 4. The van der Waals surface area contributed by atoms with Gasteiger partial charge in [-0.1, -0.05) is 6.07 Å². The molecule has 0 atom stereocenters. The molecule has 0 bridgehead atoms. The summed E-state index contributed by atoms with van der Waals surface area (Å²) >= 11 is 1.57. The van der Waals surface area contributed by atoms with Crippen LogP contribution in [-0.2, 0) is 13.0 Å². The number of aromatic amines is 1. The molecule has 0 unspecified atom stereocenters. The molecule has 0 saturated heterocycles. The Labute approximate surface area is 123 Å². The van der Waals surface area contributed by atoms with Crippen molar-refractivity contribution in [2.45, 2.75) is 19.9 Å². The zero-order valence-corrected chi connectivity index (χ0v) is 12.1. The second kappa shape index (κ2) is 5.17. The van der Waals surface area contributed by atoms with Crippen molar-refractivity contribution in [3.8, 4) is 0 Å². The molecule has 1 aromatic carbocycles. The monoisotopic (exact) mass is 303 g/mol. The van der Waals surface area contributed by atoms with E-state index in [0.717, 1.165) is 10.7 Å².